The molecule has 0 bridgehead atoms. The van der Waals surface area contributed by atoms with Crippen molar-refractivity contribution in [2.24, 2.45) is 0 Å². The second-order valence-corrected chi connectivity index (χ2v) is 7.77. The highest BCUT2D eigenvalue weighted by atomic mass is 16.5. The third-order valence-electron chi connectivity index (χ3n) is 5.51. The molecule has 3 aromatic heterocycles. The number of anilines is 1. The van der Waals surface area contributed by atoms with E-state index in [1.165, 1.54) is 13.4 Å². The van der Waals surface area contributed by atoms with E-state index in [1.54, 1.807) is 24.5 Å². The van der Waals surface area contributed by atoms with Gasteiger partial charge in [-0.15, -0.1) is 10.2 Å². The third-order valence-corrected chi connectivity index (χ3v) is 5.51. The van der Waals surface area contributed by atoms with E-state index in [-0.39, 0.29) is 0 Å². The number of carbonyl (C=O) groups excluding carboxylic acids is 1. The molecule has 176 valence electrons. The zero-order valence-corrected chi connectivity index (χ0v) is 19.0. The molecule has 2 aromatic carbocycles. The van der Waals surface area contributed by atoms with Crippen LogP contribution in [0.25, 0.3) is 33.5 Å². The number of amides is 1. The lowest BCUT2D eigenvalue weighted by Gasteiger charge is -2.14. The number of rotatable bonds is 8. The molecule has 5 rings (SSSR count). The van der Waals surface area contributed by atoms with E-state index in [0.29, 0.717) is 11.6 Å². The summed E-state index contributed by atoms with van der Waals surface area (Å²) < 4.78 is 12.7. The van der Waals surface area contributed by atoms with Crippen molar-refractivity contribution in [3.05, 3.63) is 73.8 Å². The van der Waals surface area contributed by atoms with Crippen molar-refractivity contribution in [3.63, 3.8) is 0 Å². The lowest BCUT2D eigenvalue weighted by atomic mass is 10.0. The van der Waals surface area contributed by atoms with Crippen LogP contribution >= 0.6 is 0 Å². The standard InChI is InChI=1S/C25H23N7O3/c1-26-25(33)35-19-6-3-17(4-7-19)18-5-8-22-20(13-18)23(21(14-29-22)24-31-30-16-34-24)28-9-2-11-32-12-10-27-15-32/h3-8,10,12-16H,2,9,11H2,1H3,(H,26,33)(H,28,29). The normalized spacial score (nSPS) is 10.9. The quantitative estimate of drug-likeness (QED) is 0.322. The second kappa shape index (κ2) is 10.0. The fourth-order valence-corrected chi connectivity index (χ4v) is 3.78. The molecular weight excluding hydrogens is 446 g/mol. The van der Waals surface area contributed by atoms with Crippen molar-refractivity contribution in [1.82, 2.24) is 30.0 Å². The van der Waals surface area contributed by atoms with Crippen LogP contribution in [0.5, 0.6) is 5.75 Å². The number of carbonyl (C=O) groups is 1. The first kappa shape index (κ1) is 22.1. The predicted octanol–water partition coefficient (Wildman–Crippen LogP) is 4.37. The SMILES string of the molecule is CNC(=O)Oc1ccc(-c2ccc3ncc(-c4nnco4)c(NCCCn4ccnc4)c3c2)cc1. The number of nitrogens with one attached hydrogen (secondary N) is 2. The van der Waals surface area contributed by atoms with Gasteiger partial charge in [-0.2, -0.15) is 0 Å². The maximum absolute atomic E-state index is 11.5. The van der Waals surface area contributed by atoms with E-state index in [0.717, 1.165) is 52.8 Å². The van der Waals surface area contributed by atoms with Crippen LogP contribution in [-0.4, -0.2) is 44.4 Å². The summed E-state index contributed by atoms with van der Waals surface area (Å²) in [5.74, 6) is 0.868. The third kappa shape index (κ3) is 4.96. The van der Waals surface area contributed by atoms with Gasteiger partial charge in [-0.05, 0) is 41.8 Å². The van der Waals surface area contributed by atoms with Crippen molar-refractivity contribution in [3.8, 4) is 28.3 Å². The van der Waals surface area contributed by atoms with Gasteiger partial charge in [0.05, 0.1) is 23.1 Å². The number of hydrogen-bond donors (Lipinski definition) is 2. The Kier molecular flexibility index (Phi) is 6.33. The van der Waals surface area contributed by atoms with Crippen LogP contribution in [0.1, 0.15) is 6.42 Å². The first-order chi connectivity index (χ1) is 17.2. The highest BCUT2D eigenvalue weighted by molar-refractivity contribution is 6.00. The Balaban J connectivity index is 1.46. The van der Waals surface area contributed by atoms with Crippen LogP contribution in [0.15, 0.2) is 78.2 Å². The molecule has 10 nitrogen and oxygen atoms in total. The molecule has 0 aliphatic carbocycles. The highest BCUT2D eigenvalue weighted by Crippen LogP contribution is 2.35. The van der Waals surface area contributed by atoms with Crippen molar-refractivity contribution >= 4 is 22.7 Å². The summed E-state index contributed by atoms with van der Waals surface area (Å²) >= 11 is 0. The van der Waals surface area contributed by atoms with Gasteiger partial charge in [0.15, 0.2) is 0 Å². The predicted molar refractivity (Wildman–Crippen MR) is 131 cm³/mol. The lowest BCUT2D eigenvalue weighted by molar-refractivity contribution is 0.203. The number of aryl methyl sites for hydroxylation is 1. The Labute approximate surface area is 201 Å². The van der Waals surface area contributed by atoms with Gasteiger partial charge in [0.1, 0.15) is 5.75 Å². The topological polar surface area (TPSA) is 120 Å². The molecule has 0 aliphatic heterocycles. The molecule has 0 fully saturated rings. The first-order valence-corrected chi connectivity index (χ1v) is 11.1. The zero-order chi connectivity index (χ0) is 24.0. The van der Waals surface area contributed by atoms with E-state index in [1.807, 2.05) is 41.4 Å². The average Bonchev–Trinajstić information content (AvgIpc) is 3.61. The van der Waals surface area contributed by atoms with Gasteiger partial charge in [-0.1, -0.05) is 18.2 Å². The fraction of sp³-hybridized carbons (Fsp3) is 0.160. The summed E-state index contributed by atoms with van der Waals surface area (Å²) in [5, 5.41) is 14.8. The Morgan fingerprint density at radius 1 is 1.14 bits per heavy atom. The largest absolute Gasteiger partial charge is 0.423 e. The minimum atomic E-state index is -0.508. The van der Waals surface area contributed by atoms with Crippen molar-refractivity contribution < 1.29 is 13.9 Å². The van der Waals surface area contributed by atoms with Crippen LogP contribution in [0, 0.1) is 0 Å². The van der Waals surface area contributed by atoms with Gasteiger partial charge in [0.2, 0.25) is 6.39 Å². The Morgan fingerprint density at radius 3 is 2.74 bits per heavy atom. The summed E-state index contributed by atoms with van der Waals surface area (Å²) in [6.07, 6.45) is 8.98. The highest BCUT2D eigenvalue weighted by Gasteiger charge is 2.15. The van der Waals surface area contributed by atoms with Gasteiger partial charge < -0.3 is 24.4 Å². The molecule has 0 saturated heterocycles. The maximum atomic E-state index is 11.5. The smallest absolute Gasteiger partial charge is 0.412 e. The van der Waals surface area contributed by atoms with Gasteiger partial charge >= 0.3 is 6.09 Å². The van der Waals surface area contributed by atoms with Crippen LogP contribution in [0.2, 0.25) is 0 Å². The van der Waals surface area contributed by atoms with Crippen LogP contribution in [0.4, 0.5) is 10.5 Å². The van der Waals surface area contributed by atoms with Crippen LogP contribution in [0.3, 0.4) is 0 Å². The Morgan fingerprint density at radius 2 is 2.00 bits per heavy atom. The monoisotopic (exact) mass is 469 g/mol. The number of hydrogen-bond acceptors (Lipinski definition) is 8. The van der Waals surface area contributed by atoms with Gasteiger partial charge in [-0.25, -0.2) is 9.78 Å². The van der Waals surface area contributed by atoms with Crippen LogP contribution in [-0.2, 0) is 6.54 Å². The first-order valence-electron chi connectivity index (χ1n) is 11.1. The summed E-state index contributed by atoms with van der Waals surface area (Å²) in [6.45, 7) is 1.58. The molecule has 0 radical (unpaired) electrons. The number of nitrogens with zero attached hydrogens (tertiary/aromatic N) is 5. The molecule has 0 saturated carbocycles. The molecular formula is C25H23N7O3. The number of imidazole rings is 1. The van der Waals surface area contributed by atoms with Gasteiger partial charge in [0, 0.05) is 44.1 Å². The molecule has 3 heterocycles. The Hall–Kier alpha value is -4.73. The average molecular weight is 470 g/mol. The molecule has 35 heavy (non-hydrogen) atoms. The number of aromatic nitrogens is 5. The molecule has 0 unspecified atom stereocenters. The van der Waals surface area contributed by atoms with Gasteiger partial charge in [-0.3, -0.25) is 4.98 Å². The number of pyridine rings is 1. The van der Waals surface area contributed by atoms with Crippen molar-refractivity contribution in [2.75, 3.05) is 18.9 Å². The summed E-state index contributed by atoms with van der Waals surface area (Å²) in [5.41, 5.74) is 4.43. The van der Waals surface area contributed by atoms with E-state index < -0.39 is 6.09 Å². The maximum Gasteiger partial charge on any atom is 0.412 e. The molecule has 10 heteroatoms. The number of fused-ring (bicyclic) bond motifs is 1. The summed E-state index contributed by atoms with van der Waals surface area (Å²) in [6, 6.07) is 13.4. The Bertz CT molecular complexity index is 1420. The molecule has 2 N–H and O–H groups in total. The lowest BCUT2D eigenvalue weighted by Crippen LogP contribution is -2.21. The zero-order valence-electron chi connectivity index (χ0n) is 19.0. The van der Waals surface area contributed by atoms with E-state index >= 15 is 0 Å². The molecule has 5 aromatic rings. The molecule has 0 spiro atoms. The minimum Gasteiger partial charge on any atom is -0.423 e. The number of benzene rings is 2. The number of ether oxygens (including phenoxy) is 1. The van der Waals surface area contributed by atoms with Gasteiger partial charge in [0.25, 0.3) is 5.89 Å². The molecule has 1 amide bonds. The molecule has 0 atom stereocenters. The molecule has 0 aliphatic rings. The summed E-state index contributed by atoms with van der Waals surface area (Å²) in [7, 11) is 1.52. The van der Waals surface area contributed by atoms with E-state index in [2.05, 4.69) is 36.9 Å². The van der Waals surface area contributed by atoms with Crippen LogP contribution < -0.4 is 15.4 Å². The second-order valence-electron chi connectivity index (χ2n) is 7.77. The van der Waals surface area contributed by atoms with E-state index in [9.17, 15) is 4.79 Å². The van der Waals surface area contributed by atoms with E-state index in [4.69, 9.17) is 9.15 Å². The van der Waals surface area contributed by atoms with Crippen molar-refractivity contribution in [1.29, 1.82) is 0 Å². The van der Waals surface area contributed by atoms with Crippen molar-refractivity contribution in [2.45, 2.75) is 13.0 Å². The summed E-state index contributed by atoms with van der Waals surface area (Å²) in [4.78, 5) is 20.2. The fourth-order valence-electron chi connectivity index (χ4n) is 3.78. The minimum absolute atomic E-state index is 0.401.